The predicted octanol–water partition coefficient (Wildman–Crippen LogP) is 3.11. The average Bonchev–Trinajstić information content (AvgIpc) is 3.19. The van der Waals surface area contributed by atoms with Gasteiger partial charge in [-0.25, -0.2) is 0 Å². The van der Waals surface area contributed by atoms with E-state index in [2.05, 4.69) is 64.4 Å². The largest absolute Gasteiger partial charge is 0.326 e. The van der Waals surface area contributed by atoms with Crippen molar-refractivity contribution >= 4 is 11.8 Å². The average molecular weight is 467 g/mol. The Balaban J connectivity index is 1.11. The molecule has 2 amide bonds. The van der Waals surface area contributed by atoms with Crippen molar-refractivity contribution in [3.63, 3.8) is 0 Å². The zero-order chi connectivity index (χ0) is 23.8. The lowest BCUT2D eigenvalue weighted by Crippen LogP contribution is -2.54. The third-order valence-corrected chi connectivity index (χ3v) is 9.11. The van der Waals surface area contributed by atoms with E-state index in [-0.39, 0.29) is 47.9 Å². The molecular formula is C29H30N4O2. The Morgan fingerprint density at radius 2 is 1.74 bits per heavy atom. The Labute approximate surface area is 206 Å². The maximum absolute atomic E-state index is 13.8. The molecule has 6 heteroatoms. The van der Waals surface area contributed by atoms with Crippen LogP contribution in [-0.4, -0.2) is 63.8 Å². The molecule has 2 aromatic rings. The van der Waals surface area contributed by atoms with E-state index in [1.807, 2.05) is 11.8 Å². The number of piperazine rings is 1. The van der Waals surface area contributed by atoms with E-state index in [0.717, 1.165) is 32.2 Å². The van der Waals surface area contributed by atoms with Crippen LogP contribution in [0.4, 0.5) is 0 Å². The van der Waals surface area contributed by atoms with Gasteiger partial charge in [0.2, 0.25) is 11.8 Å². The van der Waals surface area contributed by atoms with Crippen molar-refractivity contribution in [2.45, 2.75) is 62.8 Å². The molecule has 0 aromatic heterocycles. The lowest BCUT2D eigenvalue weighted by molar-refractivity contribution is -0.142. The first kappa shape index (κ1) is 21.1. The smallest absolute Gasteiger partial charge is 0.241 e. The second-order valence-electron chi connectivity index (χ2n) is 11.2. The van der Waals surface area contributed by atoms with Crippen LogP contribution in [0.3, 0.4) is 0 Å². The molecule has 7 rings (SSSR count). The van der Waals surface area contributed by atoms with E-state index < -0.39 is 0 Å². The van der Waals surface area contributed by atoms with Gasteiger partial charge in [-0.2, -0.15) is 5.26 Å². The summed E-state index contributed by atoms with van der Waals surface area (Å²) >= 11 is 0. The number of amides is 2. The van der Waals surface area contributed by atoms with Gasteiger partial charge in [-0.3, -0.25) is 14.5 Å². The number of benzene rings is 2. The molecule has 5 aliphatic rings. The molecule has 2 aromatic carbocycles. The van der Waals surface area contributed by atoms with Gasteiger partial charge >= 0.3 is 0 Å². The highest BCUT2D eigenvalue weighted by Gasteiger charge is 2.56. The van der Waals surface area contributed by atoms with E-state index in [9.17, 15) is 14.9 Å². The summed E-state index contributed by atoms with van der Waals surface area (Å²) in [6.07, 6.45) is 3.61. The standard InChI is InChI=1S/C29H30N4O2/c1-17(28(34)32-21(14-30)11-20-12-25(20)32)15-31-16-22-13-26(31)29(35)33(22)27-23-8-4-2-6-18(23)10-19-7-3-5-9-24(19)27/h2-9,17,20-22,25-27H,10-13,15-16H2,1H3/t17-,20+,21-,22+,25?,26+/m0/s1. The Kier molecular flexibility index (Phi) is 4.63. The third kappa shape index (κ3) is 3.11. The molecule has 1 saturated carbocycles. The summed E-state index contributed by atoms with van der Waals surface area (Å²) in [7, 11) is 0. The van der Waals surface area contributed by atoms with E-state index in [0.29, 0.717) is 12.5 Å². The normalized spacial score (nSPS) is 31.7. The van der Waals surface area contributed by atoms with Crippen molar-refractivity contribution in [2.24, 2.45) is 11.8 Å². The number of nitrogens with zero attached hydrogens (tertiary/aromatic N) is 4. The Hall–Kier alpha value is -3.17. The van der Waals surface area contributed by atoms with Gasteiger partial charge < -0.3 is 9.80 Å². The maximum atomic E-state index is 13.8. The molecule has 35 heavy (non-hydrogen) atoms. The van der Waals surface area contributed by atoms with Crippen molar-refractivity contribution in [1.29, 1.82) is 5.26 Å². The van der Waals surface area contributed by atoms with Crippen molar-refractivity contribution < 1.29 is 9.59 Å². The first-order valence-corrected chi connectivity index (χ1v) is 13.0. The number of likely N-dealkylation sites (tertiary alicyclic amines) is 3. The summed E-state index contributed by atoms with van der Waals surface area (Å²) in [5, 5.41) is 9.50. The molecule has 6 atom stereocenters. The van der Waals surface area contributed by atoms with Gasteiger partial charge in [0.05, 0.1) is 18.2 Å². The number of carbonyl (C=O) groups is 2. The van der Waals surface area contributed by atoms with Crippen molar-refractivity contribution in [3.8, 4) is 6.07 Å². The lowest BCUT2D eigenvalue weighted by Gasteiger charge is -2.42. The van der Waals surface area contributed by atoms with E-state index in [1.54, 1.807) is 0 Å². The summed E-state index contributed by atoms with van der Waals surface area (Å²) in [5.74, 6) is 0.594. The second kappa shape index (κ2) is 7.66. The Bertz CT molecular complexity index is 1220. The van der Waals surface area contributed by atoms with Crippen LogP contribution in [-0.2, 0) is 16.0 Å². The van der Waals surface area contributed by atoms with Crippen LogP contribution in [0, 0.1) is 23.2 Å². The highest BCUT2D eigenvalue weighted by molar-refractivity contribution is 5.87. The number of carbonyl (C=O) groups excluding carboxylic acids is 2. The van der Waals surface area contributed by atoms with E-state index in [4.69, 9.17) is 0 Å². The predicted molar refractivity (Wildman–Crippen MR) is 130 cm³/mol. The van der Waals surface area contributed by atoms with Gasteiger partial charge in [0.15, 0.2) is 0 Å². The van der Waals surface area contributed by atoms with Gasteiger partial charge in [0.1, 0.15) is 6.04 Å². The van der Waals surface area contributed by atoms with Crippen molar-refractivity contribution in [1.82, 2.24) is 14.7 Å². The molecule has 2 bridgehead atoms. The molecule has 0 radical (unpaired) electrons. The fourth-order valence-electron chi connectivity index (χ4n) is 7.40. The summed E-state index contributed by atoms with van der Waals surface area (Å²) in [6, 6.07) is 19.4. The molecule has 3 aliphatic heterocycles. The molecule has 3 saturated heterocycles. The quantitative estimate of drug-likeness (QED) is 0.695. The minimum atomic E-state index is -0.271. The van der Waals surface area contributed by atoms with Crippen LogP contribution in [0.5, 0.6) is 0 Å². The molecular weight excluding hydrogens is 436 g/mol. The Morgan fingerprint density at radius 3 is 2.40 bits per heavy atom. The number of nitriles is 1. The number of rotatable bonds is 4. The van der Waals surface area contributed by atoms with E-state index in [1.165, 1.54) is 22.3 Å². The molecule has 0 N–H and O–H groups in total. The van der Waals surface area contributed by atoms with Crippen LogP contribution >= 0.6 is 0 Å². The SMILES string of the molecule is C[C@@H](CN1C[C@H]2C[C@@H]1C(=O)N2C1c2ccccc2Cc2ccccc21)C(=O)N1C2C[C@H]2C[C@H]1C#N. The lowest BCUT2D eigenvalue weighted by atomic mass is 9.81. The topological polar surface area (TPSA) is 67.7 Å². The fourth-order valence-corrected chi connectivity index (χ4v) is 7.40. The van der Waals surface area contributed by atoms with Gasteiger partial charge in [-0.1, -0.05) is 55.5 Å². The maximum Gasteiger partial charge on any atom is 0.241 e. The first-order valence-electron chi connectivity index (χ1n) is 13.0. The van der Waals surface area contributed by atoms with Gasteiger partial charge in [0.25, 0.3) is 0 Å². The van der Waals surface area contributed by atoms with Crippen LogP contribution in [0.2, 0.25) is 0 Å². The molecule has 1 unspecified atom stereocenters. The van der Waals surface area contributed by atoms with Gasteiger partial charge in [-0.15, -0.1) is 0 Å². The van der Waals surface area contributed by atoms with Gasteiger partial charge in [0, 0.05) is 31.1 Å². The zero-order valence-electron chi connectivity index (χ0n) is 20.0. The molecule has 178 valence electrons. The zero-order valence-corrected chi connectivity index (χ0v) is 20.0. The van der Waals surface area contributed by atoms with Crippen LogP contribution in [0.1, 0.15) is 54.5 Å². The minimum absolute atomic E-state index is 0.0346. The monoisotopic (exact) mass is 466 g/mol. The molecule has 3 heterocycles. The van der Waals surface area contributed by atoms with Crippen LogP contribution in [0.15, 0.2) is 48.5 Å². The van der Waals surface area contributed by atoms with Crippen LogP contribution in [0.25, 0.3) is 0 Å². The number of piperidine rings is 1. The molecule has 2 aliphatic carbocycles. The summed E-state index contributed by atoms with van der Waals surface area (Å²) in [5.41, 5.74) is 5.10. The summed E-state index contributed by atoms with van der Waals surface area (Å²) in [6.45, 7) is 3.36. The molecule has 6 nitrogen and oxygen atoms in total. The highest BCUT2D eigenvalue weighted by atomic mass is 16.2. The number of fused-ring (bicyclic) bond motifs is 5. The van der Waals surface area contributed by atoms with Gasteiger partial charge in [-0.05, 0) is 53.9 Å². The molecule has 4 fully saturated rings. The van der Waals surface area contributed by atoms with Crippen LogP contribution < -0.4 is 0 Å². The first-order chi connectivity index (χ1) is 17.0. The number of hydrogen-bond donors (Lipinski definition) is 0. The highest BCUT2D eigenvalue weighted by Crippen LogP contribution is 2.49. The van der Waals surface area contributed by atoms with E-state index >= 15 is 0 Å². The Morgan fingerprint density at radius 1 is 1.06 bits per heavy atom. The second-order valence-corrected chi connectivity index (χ2v) is 11.2. The third-order valence-electron chi connectivity index (χ3n) is 9.11. The summed E-state index contributed by atoms with van der Waals surface area (Å²) < 4.78 is 0. The van der Waals surface area contributed by atoms with Crippen molar-refractivity contribution in [2.75, 3.05) is 13.1 Å². The number of hydrogen-bond acceptors (Lipinski definition) is 4. The fraction of sp³-hybridized carbons (Fsp3) is 0.483. The van der Waals surface area contributed by atoms with Crippen molar-refractivity contribution in [3.05, 3.63) is 70.8 Å². The minimum Gasteiger partial charge on any atom is -0.326 e. The summed E-state index contributed by atoms with van der Waals surface area (Å²) in [4.78, 5) is 33.3. The molecule has 0 spiro atoms.